The van der Waals surface area contributed by atoms with Crippen molar-refractivity contribution in [2.45, 2.75) is 23.3 Å². The highest BCUT2D eigenvalue weighted by molar-refractivity contribution is 7.89. The van der Waals surface area contributed by atoms with Crippen LogP contribution < -0.4 is 5.73 Å². The van der Waals surface area contributed by atoms with E-state index >= 15 is 0 Å². The van der Waals surface area contributed by atoms with Crippen molar-refractivity contribution in [3.63, 3.8) is 0 Å². The number of hydrogen-bond donors (Lipinski definition) is 1. The van der Waals surface area contributed by atoms with E-state index < -0.39 is 15.6 Å². The van der Waals surface area contributed by atoms with Gasteiger partial charge in [0.2, 0.25) is 15.9 Å². The number of carbonyl (C=O) groups excluding carboxylic acids is 1. The molecule has 1 amide bonds. The fourth-order valence-electron chi connectivity index (χ4n) is 2.62. The number of nitrogens with zero attached hydrogens (tertiary/aromatic N) is 2. The van der Waals surface area contributed by atoms with Crippen molar-refractivity contribution in [2.75, 3.05) is 26.2 Å². The van der Waals surface area contributed by atoms with Crippen molar-refractivity contribution < 1.29 is 13.2 Å². The van der Waals surface area contributed by atoms with E-state index in [-0.39, 0.29) is 46.3 Å². The molecule has 2 aliphatic rings. The molecule has 0 aromatic heterocycles. The average Bonchev–Trinajstić information content (AvgIpc) is 3.28. The van der Waals surface area contributed by atoms with Crippen molar-refractivity contribution >= 4 is 51.5 Å². The number of hydrogen-bond acceptors (Lipinski definition) is 4. The third kappa shape index (κ3) is 3.52. The van der Waals surface area contributed by atoms with Gasteiger partial charge in [-0.05, 0) is 25.0 Å². The molecule has 2 N–H and O–H groups in total. The molecular formula is C14H18Cl3N3O3S. The van der Waals surface area contributed by atoms with Crippen LogP contribution in [0.2, 0.25) is 10.0 Å². The number of carbonyl (C=O) groups is 1. The molecule has 3 rings (SSSR count). The Labute approximate surface area is 157 Å². The van der Waals surface area contributed by atoms with Crippen LogP contribution in [0.4, 0.5) is 0 Å². The van der Waals surface area contributed by atoms with Crippen LogP contribution in [-0.2, 0) is 14.8 Å². The molecule has 0 atom stereocenters. The molecule has 0 unspecified atom stereocenters. The van der Waals surface area contributed by atoms with Crippen LogP contribution in [0.5, 0.6) is 0 Å². The molecule has 1 aliphatic carbocycles. The van der Waals surface area contributed by atoms with Gasteiger partial charge in [-0.2, -0.15) is 4.31 Å². The first-order chi connectivity index (χ1) is 10.8. The van der Waals surface area contributed by atoms with Gasteiger partial charge in [0.05, 0.1) is 15.6 Å². The molecule has 0 bridgehead atoms. The third-order valence-corrected chi connectivity index (χ3v) is 7.15. The maximum Gasteiger partial charge on any atom is 0.244 e. The number of sulfonamides is 1. The Morgan fingerprint density at radius 3 is 2.25 bits per heavy atom. The van der Waals surface area contributed by atoms with Gasteiger partial charge in [0, 0.05) is 26.2 Å². The summed E-state index contributed by atoms with van der Waals surface area (Å²) in [6.45, 7) is 1.09. The highest BCUT2D eigenvalue weighted by atomic mass is 35.5. The minimum Gasteiger partial charge on any atom is -0.338 e. The largest absolute Gasteiger partial charge is 0.338 e. The number of benzene rings is 1. The summed E-state index contributed by atoms with van der Waals surface area (Å²) in [4.78, 5) is 13.8. The van der Waals surface area contributed by atoms with E-state index in [1.54, 1.807) is 11.0 Å². The van der Waals surface area contributed by atoms with Gasteiger partial charge in [-0.15, -0.1) is 12.4 Å². The standard InChI is InChI=1S/C14H17Cl2N3O3S.ClH/c15-10-2-1-3-11(12(10)16)23(21,22)19-8-6-18(7-9-19)13(20)14(17)4-5-14;/h1-3H,4-9,17H2;1H. The van der Waals surface area contributed by atoms with Crippen LogP contribution in [0.15, 0.2) is 23.1 Å². The minimum absolute atomic E-state index is 0. The Morgan fingerprint density at radius 2 is 1.71 bits per heavy atom. The maximum atomic E-state index is 12.7. The first kappa shape index (κ1) is 19.8. The van der Waals surface area contributed by atoms with Crippen molar-refractivity contribution in [3.05, 3.63) is 28.2 Å². The van der Waals surface area contributed by atoms with Crippen LogP contribution in [0, 0.1) is 0 Å². The SMILES string of the molecule is Cl.NC1(C(=O)N2CCN(S(=O)(=O)c3cccc(Cl)c3Cl)CC2)CC1. The fourth-order valence-corrected chi connectivity index (χ4v) is 4.78. The molecule has 10 heteroatoms. The zero-order valence-corrected chi connectivity index (χ0v) is 15.9. The second-order valence-electron chi connectivity index (χ2n) is 5.90. The predicted octanol–water partition coefficient (Wildman–Crippen LogP) is 1.74. The van der Waals surface area contributed by atoms with Crippen LogP contribution in [-0.4, -0.2) is 55.2 Å². The topological polar surface area (TPSA) is 83.7 Å². The summed E-state index contributed by atoms with van der Waals surface area (Å²) in [5.74, 6) is -0.0877. The quantitative estimate of drug-likeness (QED) is 0.816. The van der Waals surface area contributed by atoms with E-state index in [0.717, 1.165) is 0 Å². The number of piperazine rings is 1. The lowest BCUT2D eigenvalue weighted by molar-refractivity contribution is -0.134. The molecule has 0 spiro atoms. The molecule has 1 aromatic rings. The van der Waals surface area contributed by atoms with Gasteiger partial charge >= 0.3 is 0 Å². The fraction of sp³-hybridized carbons (Fsp3) is 0.500. The number of nitrogens with two attached hydrogens (primary N) is 1. The molecule has 1 saturated heterocycles. The molecule has 1 heterocycles. The lowest BCUT2D eigenvalue weighted by Crippen LogP contribution is -2.55. The summed E-state index contributed by atoms with van der Waals surface area (Å²) in [6.07, 6.45) is 1.39. The Balaban J connectivity index is 0.00000208. The second-order valence-corrected chi connectivity index (χ2v) is 8.60. The first-order valence-electron chi connectivity index (χ1n) is 7.28. The lowest BCUT2D eigenvalue weighted by atomic mass is 10.2. The zero-order chi connectivity index (χ0) is 16.8. The first-order valence-corrected chi connectivity index (χ1v) is 9.48. The number of halogens is 3. The molecule has 2 fully saturated rings. The van der Waals surface area contributed by atoms with E-state index in [1.165, 1.54) is 16.4 Å². The molecule has 0 radical (unpaired) electrons. The summed E-state index contributed by atoms with van der Waals surface area (Å²) in [5, 5.41) is 0.215. The van der Waals surface area contributed by atoms with Crippen LogP contribution in [0.25, 0.3) is 0 Å². The summed E-state index contributed by atoms with van der Waals surface area (Å²) in [5.41, 5.74) is 5.19. The molecule has 24 heavy (non-hydrogen) atoms. The van der Waals surface area contributed by atoms with Crippen LogP contribution in [0.3, 0.4) is 0 Å². The van der Waals surface area contributed by atoms with Crippen molar-refractivity contribution in [2.24, 2.45) is 5.73 Å². The van der Waals surface area contributed by atoms with E-state index in [2.05, 4.69) is 0 Å². The number of amides is 1. The molecular weight excluding hydrogens is 397 g/mol. The average molecular weight is 415 g/mol. The smallest absolute Gasteiger partial charge is 0.244 e. The van der Waals surface area contributed by atoms with E-state index in [4.69, 9.17) is 28.9 Å². The minimum atomic E-state index is -3.74. The molecule has 134 valence electrons. The van der Waals surface area contributed by atoms with Gasteiger partial charge in [0.1, 0.15) is 4.90 Å². The summed E-state index contributed by atoms with van der Waals surface area (Å²) >= 11 is 11.9. The second kappa shape index (κ2) is 6.97. The monoisotopic (exact) mass is 413 g/mol. The van der Waals surface area contributed by atoms with Crippen molar-refractivity contribution in [1.82, 2.24) is 9.21 Å². The van der Waals surface area contributed by atoms with E-state index in [9.17, 15) is 13.2 Å². The highest BCUT2D eigenvalue weighted by Gasteiger charge is 2.48. The molecule has 1 aliphatic heterocycles. The summed E-state index contributed by atoms with van der Waals surface area (Å²) in [6, 6.07) is 4.52. The Kier molecular flexibility index (Phi) is 5.74. The normalized spacial score (nSPS) is 20.4. The van der Waals surface area contributed by atoms with Gasteiger partial charge in [0.25, 0.3) is 0 Å². The molecule has 1 saturated carbocycles. The highest BCUT2D eigenvalue weighted by Crippen LogP contribution is 2.35. The third-order valence-electron chi connectivity index (χ3n) is 4.27. The van der Waals surface area contributed by atoms with Crippen LogP contribution >= 0.6 is 35.6 Å². The van der Waals surface area contributed by atoms with E-state index in [1.807, 2.05) is 0 Å². The van der Waals surface area contributed by atoms with Gasteiger partial charge in [0.15, 0.2) is 0 Å². The van der Waals surface area contributed by atoms with Gasteiger partial charge in [-0.1, -0.05) is 29.3 Å². The maximum absolute atomic E-state index is 12.7. The molecule has 1 aromatic carbocycles. The van der Waals surface area contributed by atoms with Crippen LogP contribution in [0.1, 0.15) is 12.8 Å². The Bertz CT molecular complexity index is 745. The van der Waals surface area contributed by atoms with E-state index in [0.29, 0.717) is 25.9 Å². The predicted molar refractivity (Wildman–Crippen MR) is 95.2 cm³/mol. The Hall–Kier alpha value is -0.570. The zero-order valence-electron chi connectivity index (χ0n) is 12.7. The van der Waals surface area contributed by atoms with Crippen molar-refractivity contribution in [3.8, 4) is 0 Å². The van der Waals surface area contributed by atoms with Crippen molar-refractivity contribution in [1.29, 1.82) is 0 Å². The molecule has 6 nitrogen and oxygen atoms in total. The summed E-state index contributed by atoms with van der Waals surface area (Å²) in [7, 11) is -3.74. The summed E-state index contributed by atoms with van der Waals surface area (Å²) < 4.78 is 26.7. The number of rotatable bonds is 3. The van der Waals surface area contributed by atoms with Gasteiger partial charge in [-0.25, -0.2) is 8.42 Å². The van der Waals surface area contributed by atoms with Gasteiger partial charge < -0.3 is 10.6 Å². The Morgan fingerprint density at radius 1 is 1.12 bits per heavy atom. The lowest BCUT2D eigenvalue weighted by Gasteiger charge is -2.35. The van der Waals surface area contributed by atoms with Gasteiger partial charge in [-0.3, -0.25) is 4.79 Å².